The van der Waals surface area contributed by atoms with Crippen LogP contribution in [0.15, 0.2) is 36.4 Å². The number of fused-ring (bicyclic) bond motifs is 1. The largest absolute Gasteiger partial charge is 0.339 e. The normalized spacial score (nSPS) is 17.4. The summed E-state index contributed by atoms with van der Waals surface area (Å²) in [5.41, 5.74) is 2.97. The van der Waals surface area contributed by atoms with Crippen molar-refractivity contribution in [1.29, 1.82) is 0 Å². The zero-order valence-electron chi connectivity index (χ0n) is 17.2. The van der Waals surface area contributed by atoms with Crippen LogP contribution >= 0.6 is 11.6 Å². The summed E-state index contributed by atoms with van der Waals surface area (Å²) in [6.07, 6.45) is 4.11. The number of aryl methyl sites for hydroxylation is 2. The van der Waals surface area contributed by atoms with Crippen LogP contribution < -0.4 is 4.90 Å². The monoisotopic (exact) mass is 428 g/mol. The Hall–Kier alpha value is -2.40. The second-order valence-electron chi connectivity index (χ2n) is 8.27. The Balaban J connectivity index is 1.44. The lowest BCUT2D eigenvalue weighted by atomic mass is 9.94. The highest BCUT2D eigenvalue weighted by atomic mass is 35.5. The number of likely N-dealkylation sites (tertiary alicyclic amines) is 1. The molecule has 0 radical (unpaired) electrons. The van der Waals surface area contributed by atoms with E-state index >= 15 is 0 Å². The third kappa shape index (κ3) is 4.22. The minimum absolute atomic E-state index is 0.101. The number of benzene rings is 2. The summed E-state index contributed by atoms with van der Waals surface area (Å²) in [4.78, 5) is 29.6. The number of halogens is 2. The van der Waals surface area contributed by atoms with E-state index < -0.39 is 5.82 Å². The quantitative estimate of drug-likeness (QED) is 0.674. The van der Waals surface area contributed by atoms with Gasteiger partial charge in [0.2, 0.25) is 5.91 Å². The van der Waals surface area contributed by atoms with Gasteiger partial charge in [-0.25, -0.2) is 4.39 Å². The first-order chi connectivity index (χ1) is 14.4. The Bertz CT molecular complexity index is 970. The van der Waals surface area contributed by atoms with Crippen molar-refractivity contribution < 1.29 is 14.0 Å². The minimum atomic E-state index is -0.488. The summed E-state index contributed by atoms with van der Waals surface area (Å²) < 4.78 is 14.2. The molecule has 2 amide bonds. The molecule has 158 valence electrons. The summed E-state index contributed by atoms with van der Waals surface area (Å²) in [7, 11) is 0. The van der Waals surface area contributed by atoms with E-state index in [1.807, 2.05) is 23.1 Å². The molecule has 2 heterocycles. The zero-order valence-corrected chi connectivity index (χ0v) is 17.9. The van der Waals surface area contributed by atoms with Crippen molar-refractivity contribution in [3.63, 3.8) is 0 Å². The molecule has 4 rings (SSSR count). The number of carbonyl (C=O) groups is 2. The molecule has 0 N–H and O–H groups in total. The molecule has 2 aromatic carbocycles. The van der Waals surface area contributed by atoms with Gasteiger partial charge in [0.15, 0.2) is 0 Å². The molecule has 30 heavy (non-hydrogen) atoms. The second kappa shape index (κ2) is 8.76. The van der Waals surface area contributed by atoms with Crippen LogP contribution in [0.25, 0.3) is 0 Å². The Kier molecular flexibility index (Phi) is 6.09. The number of hydrogen-bond donors (Lipinski definition) is 0. The van der Waals surface area contributed by atoms with E-state index in [-0.39, 0.29) is 23.3 Å². The summed E-state index contributed by atoms with van der Waals surface area (Å²) in [6, 6.07) is 10.4. The van der Waals surface area contributed by atoms with Gasteiger partial charge in [-0.15, -0.1) is 0 Å². The van der Waals surface area contributed by atoms with Crippen molar-refractivity contribution in [2.75, 3.05) is 24.5 Å². The number of amides is 2. The predicted molar refractivity (Wildman–Crippen MR) is 117 cm³/mol. The average Bonchev–Trinajstić information content (AvgIpc) is 2.95. The molecule has 4 nitrogen and oxygen atoms in total. The standard InChI is InChI=1S/C24H26ClFN2O2/c1-16-5-7-20(21(26)14-16)24(30)27-12-9-17(10-13-27)23(29)28-11-3-2-4-18-15-19(25)6-8-22(18)28/h5-8,14-15,17H,2-4,9-13H2,1H3. The van der Waals surface area contributed by atoms with Gasteiger partial charge >= 0.3 is 0 Å². The Morgan fingerprint density at radius 3 is 2.53 bits per heavy atom. The maximum Gasteiger partial charge on any atom is 0.256 e. The second-order valence-corrected chi connectivity index (χ2v) is 8.71. The van der Waals surface area contributed by atoms with Gasteiger partial charge in [-0.05, 0) is 80.5 Å². The van der Waals surface area contributed by atoms with Gasteiger partial charge in [-0.1, -0.05) is 17.7 Å². The molecule has 2 aromatic rings. The summed E-state index contributed by atoms with van der Waals surface area (Å²) in [5, 5.41) is 0.693. The number of piperidine rings is 1. The van der Waals surface area contributed by atoms with Crippen molar-refractivity contribution in [3.05, 3.63) is 63.9 Å². The van der Waals surface area contributed by atoms with Crippen molar-refractivity contribution in [1.82, 2.24) is 4.90 Å². The van der Waals surface area contributed by atoms with Gasteiger partial charge in [0.1, 0.15) is 5.82 Å². The van der Waals surface area contributed by atoms with Crippen LogP contribution in [0.5, 0.6) is 0 Å². The van der Waals surface area contributed by atoms with Crippen LogP contribution in [0, 0.1) is 18.7 Å². The van der Waals surface area contributed by atoms with Gasteiger partial charge in [-0.2, -0.15) is 0 Å². The number of nitrogens with zero attached hydrogens (tertiary/aromatic N) is 2. The van der Waals surface area contributed by atoms with Crippen molar-refractivity contribution in [2.24, 2.45) is 5.92 Å². The number of carbonyl (C=O) groups excluding carboxylic acids is 2. The average molecular weight is 429 g/mol. The van der Waals surface area contributed by atoms with E-state index in [1.54, 1.807) is 24.0 Å². The molecule has 0 bridgehead atoms. The number of anilines is 1. The highest BCUT2D eigenvalue weighted by Gasteiger charge is 2.32. The van der Waals surface area contributed by atoms with E-state index in [4.69, 9.17) is 11.6 Å². The first-order valence-corrected chi connectivity index (χ1v) is 11.0. The molecule has 1 saturated heterocycles. The highest BCUT2D eigenvalue weighted by Crippen LogP contribution is 2.32. The topological polar surface area (TPSA) is 40.6 Å². The SMILES string of the molecule is Cc1ccc(C(=O)N2CCC(C(=O)N3CCCCc4cc(Cl)ccc43)CC2)c(F)c1. The Morgan fingerprint density at radius 2 is 1.80 bits per heavy atom. The minimum Gasteiger partial charge on any atom is -0.339 e. The van der Waals surface area contributed by atoms with E-state index in [1.165, 1.54) is 6.07 Å². The first kappa shape index (κ1) is 20.9. The molecule has 2 aliphatic heterocycles. The summed E-state index contributed by atoms with van der Waals surface area (Å²) in [5.74, 6) is -0.793. The molecule has 1 fully saturated rings. The molecule has 0 unspecified atom stereocenters. The molecular formula is C24H26ClFN2O2. The van der Waals surface area contributed by atoms with Crippen molar-refractivity contribution in [2.45, 2.75) is 39.0 Å². The molecule has 2 aliphatic rings. The fourth-order valence-electron chi connectivity index (χ4n) is 4.47. The van der Waals surface area contributed by atoms with Crippen molar-refractivity contribution in [3.8, 4) is 0 Å². The van der Waals surface area contributed by atoms with Crippen LogP contribution in [0.2, 0.25) is 5.02 Å². The molecular weight excluding hydrogens is 403 g/mol. The predicted octanol–water partition coefficient (Wildman–Crippen LogP) is 5.01. The fraction of sp³-hybridized carbons (Fsp3) is 0.417. The lowest BCUT2D eigenvalue weighted by molar-refractivity contribution is -0.123. The smallest absolute Gasteiger partial charge is 0.256 e. The molecule has 0 saturated carbocycles. The summed E-state index contributed by atoms with van der Waals surface area (Å²) >= 11 is 6.15. The fourth-order valence-corrected chi connectivity index (χ4v) is 4.66. The maximum atomic E-state index is 14.2. The number of rotatable bonds is 2. The van der Waals surface area contributed by atoms with Gasteiger partial charge in [0.05, 0.1) is 5.56 Å². The van der Waals surface area contributed by atoms with E-state index in [9.17, 15) is 14.0 Å². The first-order valence-electron chi connectivity index (χ1n) is 10.6. The molecule has 0 aromatic heterocycles. The third-order valence-corrected chi connectivity index (χ3v) is 6.40. The van der Waals surface area contributed by atoms with Gasteiger partial charge in [0, 0.05) is 36.3 Å². The lowest BCUT2D eigenvalue weighted by Gasteiger charge is -2.34. The molecule has 0 spiro atoms. The van der Waals surface area contributed by atoms with Crippen LogP contribution in [0.4, 0.5) is 10.1 Å². The Morgan fingerprint density at radius 1 is 1.03 bits per heavy atom. The van der Waals surface area contributed by atoms with E-state index in [0.29, 0.717) is 37.5 Å². The highest BCUT2D eigenvalue weighted by molar-refractivity contribution is 6.30. The maximum absolute atomic E-state index is 14.2. The third-order valence-electron chi connectivity index (χ3n) is 6.16. The van der Waals surface area contributed by atoms with Gasteiger partial charge in [-0.3, -0.25) is 9.59 Å². The van der Waals surface area contributed by atoms with Crippen LogP contribution in [0.1, 0.15) is 47.2 Å². The summed E-state index contributed by atoms with van der Waals surface area (Å²) in [6.45, 7) is 3.43. The van der Waals surface area contributed by atoms with Crippen molar-refractivity contribution >= 4 is 29.1 Å². The van der Waals surface area contributed by atoms with Crippen LogP contribution in [0.3, 0.4) is 0 Å². The van der Waals surface area contributed by atoms with Gasteiger partial charge < -0.3 is 9.80 Å². The Labute approximate surface area is 181 Å². The zero-order chi connectivity index (χ0) is 21.3. The van der Waals surface area contributed by atoms with E-state index in [2.05, 4.69) is 0 Å². The molecule has 0 aliphatic carbocycles. The van der Waals surface area contributed by atoms with Crippen LogP contribution in [-0.2, 0) is 11.2 Å². The van der Waals surface area contributed by atoms with E-state index in [0.717, 1.165) is 36.1 Å². The van der Waals surface area contributed by atoms with Crippen LogP contribution in [-0.4, -0.2) is 36.3 Å². The molecule has 0 atom stereocenters. The number of hydrogen-bond acceptors (Lipinski definition) is 2. The molecule has 6 heteroatoms. The lowest BCUT2D eigenvalue weighted by Crippen LogP contribution is -2.45. The van der Waals surface area contributed by atoms with Gasteiger partial charge in [0.25, 0.3) is 5.91 Å².